The minimum Gasteiger partial charge on any atom is -0.393 e. The van der Waals surface area contributed by atoms with Crippen LogP contribution in [0.4, 0.5) is 28.7 Å². The lowest BCUT2D eigenvalue weighted by molar-refractivity contribution is 0.647. The van der Waals surface area contributed by atoms with Crippen molar-refractivity contribution in [1.29, 1.82) is 0 Å². The van der Waals surface area contributed by atoms with Gasteiger partial charge in [0, 0.05) is 54.2 Å². The molecule has 0 amide bonds. The lowest BCUT2D eigenvalue weighted by atomic mass is 10.2. The molecule has 7 nitrogen and oxygen atoms in total. The molecule has 0 spiro atoms. The smallest absolute Gasteiger partial charge is 0.159 e. The monoisotopic (exact) mass is 431 g/mol. The maximum absolute atomic E-state index is 6.50. The van der Waals surface area contributed by atoms with E-state index in [0.717, 1.165) is 59.3 Å². The first-order chi connectivity index (χ1) is 15.2. The van der Waals surface area contributed by atoms with E-state index in [1.54, 1.807) is 12.5 Å². The Kier molecular flexibility index (Phi) is 5.18. The number of pyridine rings is 1. The summed E-state index contributed by atoms with van der Waals surface area (Å²) in [6, 6.07) is 17.8. The van der Waals surface area contributed by atoms with Gasteiger partial charge in [-0.25, -0.2) is 9.97 Å². The van der Waals surface area contributed by atoms with Gasteiger partial charge in [0.2, 0.25) is 0 Å². The van der Waals surface area contributed by atoms with E-state index in [-0.39, 0.29) is 0 Å². The number of fused-ring (bicyclic) bond motifs is 1. The third-order valence-corrected chi connectivity index (χ3v) is 5.75. The number of aromatic nitrogens is 3. The molecule has 2 aromatic carbocycles. The third kappa shape index (κ3) is 3.92. The highest BCUT2D eigenvalue weighted by atomic mass is 35.5. The summed E-state index contributed by atoms with van der Waals surface area (Å²) in [5.41, 5.74) is 10.00. The number of nitrogen functional groups attached to an aromatic ring is 1. The summed E-state index contributed by atoms with van der Waals surface area (Å²) in [7, 11) is 0. The summed E-state index contributed by atoms with van der Waals surface area (Å²) in [5, 5.41) is 5.13. The minimum absolute atomic E-state index is 0.541. The molecule has 156 valence electrons. The molecule has 0 unspecified atom stereocenters. The molecule has 1 aliphatic rings. The highest BCUT2D eigenvalue weighted by molar-refractivity contribution is 6.30. The van der Waals surface area contributed by atoms with Gasteiger partial charge in [-0.15, -0.1) is 0 Å². The average Bonchev–Trinajstić information content (AvgIpc) is 2.81. The van der Waals surface area contributed by atoms with E-state index in [1.165, 1.54) is 0 Å². The molecule has 1 aliphatic heterocycles. The third-order valence-electron chi connectivity index (χ3n) is 5.51. The topological polar surface area (TPSA) is 83.2 Å². The first-order valence-corrected chi connectivity index (χ1v) is 10.5. The Bertz CT molecular complexity index is 1220. The Morgan fingerprint density at radius 2 is 1.68 bits per heavy atom. The molecule has 5 rings (SSSR count). The highest BCUT2D eigenvalue weighted by Gasteiger charge is 2.22. The largest absolute Gasteiger partial charge is 0.393 e. The number of nitrogens with zero attached hydrogens (tertiary/aromatic N) is 5. The molecule has 1 fully saturated rings. The van der Waals surface area contributed by atoms with Crippen LogP contribution in [0.25, 0.3) is 10.9 Å². The van der Waals surface area contributed by atoms with Crippen molar-refractivity contribution in [3.63, 3.8) is 0 Å². The number of hydrogen-bond acceptors (Lipinski definition) is 7. The number of nitrogens with one attached hydrogen (secondary N) is 1. The molecule has 0 radical (unpaired) electrons. The van der Waals surface area contributed by atoms with Gasteiger partial charge in [-0.2, -0.15) is 0 Å². The lowest BCUT2D eigenvalue weighted by Crippen LogP contribution is -2.47. The molecule has 2 aromatic heterocycles. The summed E-state index contributed by atoms with van der Waals surface area (Å²) < 4.78 is 0. The SMILES string of the molecule is Nc1c(Nc2cccc3ncccc23)ncnc1N1CCN(c2cccc(Cl)c2)CC1. The molecule has 0 bridgehead atoms. The zero-order valence-electron chi connectivity index (χ0n) is 16.9. The maximum Gasteiger partial charge on any atom is 0.159 e. The summed E-state index contributed by atoms with van der Waals surface area (Å²) in [4.78, 5) is 17.8. The van der Waals surface area contributed by atoms with E-state index in [4.69, 9.17) is 17.3 Å². The summed E-state index contributed by atoms with van der Waals surface area (Å²) in [6.07, 6.45) is 3.34. The quantitative estimate of drug-likeness (QED) is 0.497. The van der Waals surface area contributed by atoms with Crippen molar-refractivity contribution in [3.8, 4) is 0 Å². The predicted octanol–water partition coefficient (Wildman–Crippen LogP) is 4.33. The molecular weight excluding hydrogens is 410 g/mol. The molecule has 4 aromatic rings. The van der Waals surface area contributed by atoms with E-state index in [9.17, 15) is 0 Å². The van der Waals surface area contributed by atoms with E-state index >= 15 is 0 Å². The van der Waals surface area contributed by atoms with Gasteiger partial charge < -0.3 is 20.9 Å². The number of piperazine rings is 1. The standard InChI is InChI=1S/C23H22ClN7/c24-16-4-1-5-17(14-16)30-10-12-31(13-11-30)23-21(25)22(27-15-28-23)29-20-8-2-7-19-18(20)6-3-9-26-19/h1-9,14-15H,10-13,25H2,(H,27,28,29). The van der Waals surface area contributed by atoms with Crippen molar-refractivity contribution < 1.29 is 0 Å². The second-order valence-electron chi connectivity index (χ2n) is 7.41. The molecule has 3 N–H and O–H groups in total. The number of benzene rings is 2. The fourth-order valence-corrected chi connectivity index (χ4v) is 4.11. The van der Waals surface area contributed by atoms with Crippen LogP contribution in [0, 0.1) is 0 Å². The Hall–Kier alpha value is -3.58. The fourth-order valence-electron chi connectivity index (χ4n) is 3.93. The number of hydrogen-bond donors (Lipinski definition) is 2. The first kappa shape index (κ1) is 19.4. The molecule has 1 saturated heterocycles. The van der Waals surface area contributed by atoms with Crippen LogP contribution in [0.3, 0.4) is 0 Å². The highest BCUT2D eigenvalue weighted by Crippen LogP contribution is 2.32. The predicted molar refractivity (Wildman–Crippen MR) is 127 cm³/mol. The fraction of sp³-hybridized carbons (Fsp3) is 0.174. The summed E-state index contributed by atoms with van der Waals surface area (Å²) in [6.45, 7) is 3.35. The number of anilines is 5. The van der Waals surface area contributed by atoms with Crippen LogP contribution in [0.15, 0.2) is 67.1 Å². The van der Waals surface area contributed by atoms with Crippen LogP contribution in [-0.2, 0) is 0 Å². The van der Waals surface area contributed by atoms with Gasteiger partial charge in [-0.3, -0.25) is 4.98 Å². The molecule has 0 atom stereocenters. The van der Waals surface area contributed by atoms with Gasteiger partial charge in [-0.1, -0.05) is 23.7 Å². The number of halogens is 1. The molecule has 0 aliphatic carbocycles. The van der Waals surface area contributed by atoms with Gasteiger partial charge >= 0.3 is 0 Å². The van der Waals surface area contributed by atoms with Crippen LogP contribution < -0.4 is 20.9 Å². The summed E-state index contributed by atoms with van der Waals surface area (Å²) in [5.74, 6) is 1.35. The van der Waals surface area contributed by atoms with Gasteiger partial charge in [0.1, 0.15) is 12.0 Å². The average molecular weight is 432 g/mol. The van der Waals surface area contributed by atoms with Gasteiger partial charge in [0.25, 0.3) is 0 Å². The number of nitrogens with two attached hydrogens (primary N) is 1. The molecule has 8 heteroatoms. The van der Waals surface area contributed by atoms with Crippen molar-refractivity contribution in [1.82, 2.24) is 15.0 Å². The van der Waals surface area contributed by atoms with Crippen molar-refractivity contribution in [2.75, 3.05) is 47.0 Å². The van der Waals surface area contributed by atoms with Crippen molar-refractivity contribution in [2.45, 2.75) is 0 Å². The van der Waals surface area contributed by atoms with Crippen LogP contribution >= 0.6 is 11.6 Å². The Balaban J connectivity index is 1.35. The van der Waals surface area contributed by atoms with Crippen LogP contribution in [0.1, 0.15) is 0 Å². The van der Waals surface area contributed by atoms with Gasteiger partial charge in [0.05, 0.1) is 5.52 Å². The van der Waals surface area contributed by atoms with Crippen molar-refractivity contribution in [3.05, 3.63) is 72.1 Å². The summed E-state index contributed by atoms with van der Waals surface area (Å²) >= 11 is 6.15. The Morgan fingerprint density at radius 1 is 0.871 bits per heavy atom. The Labute approximate surface area is 185 Å². The van der Waals surface area contributed by atoms with Crippen molar-refractivity contribution in [2.24, 2.45) is 0 Å². The second kappa shape index (κ2) is 8.28. The zero-order chi connectivity index (χ0) is 21.2. The van der Waals surface area contributed by atoms with E-state index in [1.807, 2.05) is 48.5 Å². The van der Waals surface area contributed by atoms with Crippen molar-refractivity contribution >= 4 is 51.2 Å². The minimum atomic E-state index is 0.541. The van der Waals surface area contributed by atoms with Crippen LogP contribution in [-0.4, -0.2) is 41.1 Å². The number of rotatable bonds is 4. The second-order valence-corrected chi connectivity index (χ2v) is 7.85. The molecular formula is C23H22ClN7. The molecule has 0 saturated carbocycles. The Morgan fingerprint density at radius 3 is 2.52 bits per heavy atom. The van der Waals surface area contributed by atoms with E-state index in [0.29, 0.717) is 11.5 Å². The van der Waals surface area contributed by atoms with E-state index in [2.05, 4.69) is 36.1 Å². The van der Waals surface area contributed by atoms with Gasteiger partial charge in [0.15, 0.2) is 11.6 Å². The molecule has 31 heavy (non-hydrogen) atoms. The van der Waals surface area contributed by atoms with Crippen LogP contribution in [0.5, 0.6) is 0 Å². The lowest BCUT2D eigenvalue weighted by Gasteiger charge is -2.37. The van der Waals surface area contributed by atoms with Crippen LogP contribution in [0.2, 0.25) is 5.02 Å². The normalized spacial score (nSPS) is 14.1. The zero-order valence-corrected chi connectivity index (χ0v) is 17.6. The first-order valence-electron chi connectivity index (χ1n) is 10.2. The molecule has 3 heterocycles. The van der Waals surface area contributed by atoms with Gasteiger partial charge in [-0.05, 0) is 42.5 Å². The maximum atomic E-state index is 6.50. The van der Waals surface area contributed by atoms with E-state index < -0.39 is 0 Å².